The predicted octanol–water partition coefficient (Wildman–Crippen LogP) is 3.51. The zero-order valence-corrected chi connectivity index (χ0v) is 10.3. The van der Waals surface area contributed by atoms with Crippen LogP contribution in [0.15, 0.2) is 84.4 Å². The summed E-state index contributed by atoms with van der Waals surface area (Å²) in [6, 6.07) is 20.0. The molecule has 0 aliphatic rings. The summed E-state index contributed by atoms with van der Waals surface area (Å²) in [6.45, 7) is 0. The number of rotatable bonds is 2. The molecule has 0 spiro atoms. The van der Waals surface area contributed by atoms with Crippen LogP contribution >= 0.6 is 0 Å². The lowest BCUT2D eigenvalue weighted by molar-refractivity contribution is 1.12. The molecule has 0 bridgehead atoms. The SMILES string of the molecule is c1ccc(N=C(c2ccccc2)n2ccnc2)cc1. The van der Waals surface area contributed by atoms with E-state index >= 15 is 0 Å². The van der Waals surface area contributed by atoms with Gasteiger partial charge in [-0.2, -0.15) is 0 Å². The second-order valence-corrected chi connectivity index (χ2v) is 4.11. The Labute approximate surface area is 111 Å². The highest BCUT2D eigenvalue weighted by Gasteiger charge is 2.05. The molecule has 0 N–H and O–H groups in total. The normalized spacial score (nSPS) is 11.5. The van der Waals surface area contributed by atoms with Gasteiger partial charge in [0.2, 0.25) is 0 Å². The van der Waals surface area contributed by atoms with Gasteiger partial charge in [0.25, 0.3) is 0 Å². The van der Waals surface area contributed by atoms with Crippen molar-refractivity contribution < 1.29 is 0 Å². The molecule has 0 radical (unpaired) electrons. The quantitative estimate of drug-likeness (QED) is 0.503. The average Bonchev–Trinajstić information content (AvgIpc) is 3.01. The fourth-order valence-electron chi connectivity index (χ4n) is 1.87. The summed E-state index contributed by atoms with van der Waals surface area (Å²) in [6.07, 6.45) is 5.41. The third-order valence-corrected chi connectivity index (χ3v) is 2.77. The maximum Gasteiger partial charge on any atom is 0.145 e. The van der Waals surface area contributed by atoms with Crippen molar-refractivity contribution in [1.29, 1.82) is 0 Å². The summed E-state index contributed by atoms with van der Waals surface area (Å²) in [7, 11) is 0. The van der Waals surface area contributed by atoms with Crippen molar-refractivity contribution in [2.45, 2.75) is 0 Å². The molecule has 0 aliphatic carbocycles. The molecular weight excluding hydrogens is 234 g/mol. The highest BCUT2D eigenvalue weighted by molar-refractivity contribution is 6.01. The highest BCUT2D eigenvalue weighted by atomic mass is 15.1. The van der Waals surface area contributed by atoms with Crippen molar-refractivity contribution >= 4 is 11.5 Å². The molecule has 3 heteroatoms. The molecule has 0 unspecified atom stereocenters. The maximum absolute atomic E-state index is 4.71. The smallest absolute Gasteiger partial charge is 0.145 e. The summed E-state index contributed by atoms with van der Waals surface area (Å²) in [5, 5.41) is 0. The lowest BCUT2D eigenvalue weighted by Gasteiger charge is -2.07. The van der Waals surface area contributed by atoms with E-state index in [2.05, 4.69) is 4.98 Å². The van der Waals surface area contributed by atoms with Crippen LogP contribution in [0.5, 0.6) is 0 Å². The zero-order chi connectivity index (χ0) is 12.9. The summed E-state index contributed by atoms with van der Waals surface area (Å²) in [5.74, 6) is 0.865. The van der Waals surface area contributed by atoms with E-state index < -0.39 is 0 Å². The average molecular weight is 247 g/mol. The molecule has 3 rings (SSSR count). The predicted molar refractivity (Wildman–Crippen MR) is 76.7 cm³/mol. The van der Waals surface area contributed by atoms with Gasteiger partial charge in [0, 0.05) is 18.0 Å². The van der Waals surface area contributed by atoms with Gasteiger partial charge in [0.1, 0.15) is 12.2 Å². The van der Waals surface area contributed by atoms with E-state index in [0.717, 1.165) is 17.1 Å². The highest BCUT2D eigenvalue weighted by Crippen LogP contribution is 2.14. The van der Waals surface area contributed by atoms with Crippen molar-refractivity contribution in [3.63, 3.8) is 0 Å². The van der Waals surface area contributed by atoms with Crippen LogP contribution in [-0.2, 0) is 0 Å². The molecule has 1 heterocycles. The minimum atomic E-state index is 0.865. The van der Waals surface area contributed by atoms with Gasteiger partial charge in [-0.3, -0.25) is 4.57 Å². The van der Waals surface area contributed by atoms with E-state index in [1.54, 1.807) is 12.5 Å². The molecule has 92 valence electrons. The second kappa shape index (κ2) is 5.31. The maximum atomic E-state index is 4.71. The van der Waals surface area contributed by atoms with Gasteiger partial charge in [0.15, 0.2) is 0 Å². The van der Waals surface area contributed by atoms with E-state index in [1.807, 2.05) is 71.4 Å². The second-order valence-electron chi connectivity index (χ2n) is 4.11. The number of imidazole rings is 1. The van der Waals surface area contributed by atoms with E-state index in [0.29, 0.717) is 0 Å². The van der Waals surface area contributed by atoms with Gasteiger partial charge in [-0.25, -0.2) is 9.98 Å². The van der Waals surface area contributed by atoms with Gasteiger partial charge in [0.05, 0.1) is 5.69 Å². The Morgan fingerprint density at radius 3 is 2.21 bits per heavy atom. The van der Waals surface area contributed by atoms with Crippen LogP contribution in [0.2, 0.25) is 0 Å². The van der Waals surface area contributed by atoms with Gasteiger partial charge < -0.3 is 0 Å². The summed E-state index contributed by atoms with van der Waals surface area (Å²) in [4.78, 5) is 8.80. The number of benzene rings is 2. The third-order valence-electron chi connectivity index (χ3n) is 2.77. The summed E-state index contributed by atoms with van der Waals surface area (Å²) < 4.78 is 1.92. The van der Waals surface area contributed by atoms with E-state index in [4.69, 9.17) is 4.99 Å². The Morgan fingerprint density at radius 2 is 1.58 bits per heavy atom. The number of para-hydroxylation sites is 1. The Balaban J connectivity index is 2.10. The fraction of sp³-hybridized carbons (Fsp3) is 0. The van der Waals surface area contributed by atoms with Crippen LogP contribution in [0.25, 0.3) is 0 Å². The molecule has 19 heavy (non-hydrogen) atoms. The van der Waals surface area contributed by atoms with E-state index in [1.165, 1.54) is 0 Å². The first kappa shape index (κ1) is 11.4. The van der Waals surface area contributed by atoms with Crippen molar-refractivity contribution in [1.82, 2.24) is 9.55 Å². The lowest BCUT2D eigenvalue weighted by atomic mass is 10.2. The third kappa shape index (κ3) is 2.60. The number of aromatic nitrogens is 2. The van der Waals surface area contributed by atoms with E-state index in [-0.39, 0.29) is 0 Å². The molecule has 3 aromatic rings. The molecule has 0 amide bonds. The van der Waals surface area contributed by atoms with Crippen molar-refractivity contribution in [3.8, 4) is 0 Å². The Kier molecular flexibility index (Phi) is 3.19. The Hall–Kier alpha value is -2.68. The molecule has 0 aliphatic heterocycles. The zero-order valence-electron chi connectivity index (χ0n) is 10.3. The largest absolute Gasteiger partial charge is 0.290 e. The van der Waals surface area contributed by atoms with Crippen LogP contribution in [0.4, 0.5) is 5.69 Å². The molecule has 0 saturated carbocycles. The van der Waals surface area contributed by atoms with Crippen LogP contribution < -0.4 is 0 Å². The lowest BCUT2D eigenvalue weighted by Crippen LogP contribution is -2.11. The van der Waals surface area contributed by atoms with E-state index in [9.17, 15) is 0 Å². The van der Waals surface area contributed by atoms with Gasteiger partial charge in [-0.15, -0.1) is 0 Å². The number of hydrogen-bond acceptors (Lipinski definition) is 2. The number of aliphatic imine (C=N–C) groups is 1. The molecule has 2 aromatic carbocycles. The monoisotopic (exact) mass is 247 g/mol. The first-order valence-corrected chi connectivity index (χ1v) is 6.11. The molecule has 0 saturated heterocycles. The molecule has 0 atom stereocenters. The Bertz CT molecular complexity index is 656. The van der Waals surface area contributed by atoms with Crippen LogP contribution in [0.1, 0.15) is 5.56 Å². The summed E-state index contributed by atoms with van der Waals surface area (Å²) >= 11 is 0. The fourth-order valence-corrected chi connectivity index (χ4v) is 1.87. The minimum absolute atomic E-state index is 0.865. The first-order chi connectivity index (χ1) is 9.43. The number of hydrogen-bond donors (Lipinski definition) is 0. The van der Waals surface area contributed by atoms with Crippen LogP contribution in [0, 0.1) is 0 Å². The van der Waals surface area contributed by atoms with Crippen molar-refractivity contribution in [2.75, 3.05) is 0 Å². The molecule has 0 fully saturated rings. The molecular formula is C16H13N3. The van der Waals surface area contributed by atoms with Crippen molar-refractivity contribution in [2.24, 2.45) is 4.99 Å². The van der Waals surface area contributed by atoms with Crippen molar-refractivity contribution in [3.05, 3.63) is 84.9 Å². The summed E-state index contributed by atoms with van der Waals surface area (Å²) in [5.41, 5.74) is 1.99. The Morgan fingerprint density at radius 1 is 0.895 bits per heavy atom. The molecule has 1 aromatic heterocycles. The van der Waals surface area contributed by atoms with Crippen LogP contribution in [0.3, 0.4) is 0 Å². The van der Waals surface area contributed by atoms with Gasteiger partial charge in [-0.1, -0.05) is 48.5 Å². The minimum Gasteiger partial charge on any atom is -0.290 e. The van der Waals surface area contributed by atoms with Crippen LogP contribution in [-0.4, -0.2) is 15.4 Å². The molecule has 3 nitrogen and oxygen atoms in total. The number of nitrogens with zero attached hydrogens (tertiary/aromatic N) is 3. The van der Waals surface area contributed by atoms with Gasteiger partial charge >= 0.3 is 0 Å². The first-order valence-electron chi connectivity index (χ1n) is 6.11. The topological polar surface area (TPSA) is 30.2 Å². The standard InChI is InChI=1S/C16H13N3/c1-3-7-14(8-4-1)16(19-12-11-17-13-19)18-15-9-5-2-6-10-15/h1-13H. The van der Waals surface area contributed by atoms with Gasteiger partial charge in [-0.05, 0) is 12.1 Å².